The summed E-state index contributed by atoms with van der Waals surface area (Å²) in [5.41, 5.74) is 3.71. The molecule has 3 aliphatic heterocycles. The minimum atomic E-state index is -0.460. The predicted octanol–water partition coefficient (Wildman–Crippen LogP) is 3.00. The lowest BCUT2D eigenvalue weighted by Gasteiger charge is -2.51. The maximum absolute atomic E-state index is 11.1. The van der Waals surface area contributed by atoms with Gasteiger partial charge in [-0.3, -0.25) is 4.90 Å². The standard InChI is InChI=1S/C20H27N3O/c1-21-11-13-12-23(20(24)17-7-4-8-18(21)19(13)17)16-9-14-5-3-6-15(10-16)22(14)2/h4,7-8,11,14-16,20,24H,3,5-6,9-10,12H2,1-2H3. The minimum Gasteiger partial charge on any atom is -0.374 e. The van der Waals surface area contributed by atoms with Gasteiger partial charge >= 0.3 is 0 Å². The van der Waals surface area contributed by atoms with Crippen LogP contribution in [0.15, 0.2) is 24.4 Å². The summed E-state index contributed by atoms with van der Waals surface area (Å²) >= 11 is 0. The molecular weight excluding hydrogens is 298 g/mol. The highest BCUT2D eigenvalue weighted by molar-refractivity contribution is 5.88. The zero-order valence-electron chi connectivity index (χ0n) is 14.7. The second-order valence-electron chi connectivity index (χ2n) is 8.08. The fourth-order valence-electron chi connectivity index (χ4n) is 5.55. The van der Waals surface area contributed by atoms with Crippen LogP contribution in [0.3, 0.4) is 0 Å². The van der Waals surface area contributed by atoms with Crippen LogP contribution in [-0.4, -0.2) is 44.6 Å². The molecular formula is C20H27N3O. The van der Waals surface area contributed by atoms with Crippen molar-refractivity contribution in [1.82, 2.24) is 14.4 Å². The molecule has 1 N–H and O–H groups in total. The van der Waals surface area contributed by atoms with Gasteiger partial charge in [0.15, 0.2) is 0 Å². The van der Waals surface area contributed by atoms with Crippen LogP contribution in [0.4, 0.5) is 0 Å². The Morgan fingerprint density at radius 2 is 1.79 bits per heavy atom. The Bertz CT molecular complexity index is 769. The number of piperidine rings is 2. The van der Waals surface area contributed by atoms with Crippen molar-refractivity contribution < 1.29 is 5.11 Å². The lowest BCUT2D eigenvalue weighted by Crippen LogP contribution is -2.56. The van der Waals surface area contributed by atoms with Crippen LogP contribution in [0.25, 0.3) is 10.9 Å². The van der Waals surface area contributed by atoms with Gasteiger partial charge in [-0.05, 0) is 44.4 Å². The molecule has 4 heterocycles. The third kappa shape index (κ3) is 2.03. The summed E-state index contributed by atoms with van der Waals surface area (Å²) in [7, 11) is 4.41. The van der Waals surface area contributed by atoms with Gasteiger partial charge in [-0.2, -0.15) is 0 Å². The maximum Gasteiger partial charge on any atom is 0.134 e. The van der Waals surface area contributed by atoms with Crippen LogP contribution in [0, 0.1) is 0 Å². The van der Waals surface area contributed by atoms with Gasteiger partial charge in [0.05, 0.1) is 0 Å². The van der Waals surface area contributed by atoms with E-state index in [2.05, 4.69) is 52.9 Å². The monoisotopic (exact) mass is 325 g/mol. The first-order valence-corrected chi connectivity index (χ1v) is 9.36. The molecule has 2 aromatic rings. The molecule has 2 bridgehead atoms. The zero-order chi connectivity index (χ0) is 16.4. The van der Waals surface area contributed by atoms with Gasteiger partial charge in [0.1, 0.15) is 6.23 Å². The second kappa shape index (κ2) is 5.32. The quantitative estimate of drug-likeness (QED) is 0.875. The fraction of sp³-hybridized carbons (Fsp3) is 0.600. The van der Waals surface area contributed by atoms with Crippen LogP contribution in [-0.2, 0) is 13.6 Å². The predicted molar refractivity (Wildman–Crippen MR) is 95.6 cm³/mol. The van der Waals surface area contributed by atoms with Crippen molar-refractivity contribution in [3.8, 4) is 0 Å². The highest BCUT2D eigenvalue weighted by atomic mass is 16.3. The fourth-order valence-corrected chi connectivity index (χ4v) is 5.55. The summed E-state index contributed by atoms with van der Waals surface area (Å²) in [4.78, 5) is 4.97. The summed E-state index contributed by atoms with van der Waals surface area (Å²) in [6, 6.07) is 8.24. The lowest BCUT2D eigenvalue weighted by molar-refractivity contribution is -0.0766. The number of benzene rings is 1. The Morgan fingerprint density at radius 1 is 1.04 bits per heavy atom. The molecule has 0 radical (unpaired) electrons. The number of aliphatic hydroxyl groups is 1. The maximum atomic E-state index is 11.1. The second-order valence-corrected chi connectivity index (χ2v) is 8.08. The summed E-state index contributed by atoms with van der Waals surface area (Å²) in [5, 5.41) is 12.4. The van der Waals surface area contributed by atoms with Crippen LogP contribution in [0.1, 0.15) is 49.5 Å². The average Bonchev–Trinajstić information content (AvgIpc) is 2.88. The molecule has 0 spiro atoms. The molecule has 0 amide bonds. The minimum absolute atomic E-state index is 0.460. The van der Waals surface area contributed by atoms with E-state index in [1.807, 2.05) is 0 Å². The van der Waals surface area contributed by atoms with Gasteiger partial charge in [0, 0.05) is 54.4 Å². The van der Waals surface area contributed by atoms with E-state index in [4.69, 9.17) is 0 Å². The van der Waals surface area contributed by atoms with E-state index in [0.29, 0.717) is 18.1 Å². The van der Waals surface area contributed by atoms with E-state index in [9.17, 15) is 5.11 Å². The Kier molecular flexibility index (Phi) is 3.31. The van der Waals surface area contributed by atoms with Crippen molar-refractivity contribution in [3.05, 3.63) is 35.5 Å². The van der Waals surface area contributed by atoms with E-state index in [1.165, 1.54) is 48.6 Å². The summed E-state index contributed by atoms with van der Waals surface area (Å²) in [5.74, 6) is 0. The van der Waals surface area contributed by atoms with E-state index in [1.54, 1.807) is 0 Å². The van der Waals surface area contributed by atoms with Gasteiger partial charge in [-0.25, -0.2) is 0 Å². The van der Waals surface area contributed by atoms with Gasteiger partial charge in [0.2, 0.25) is 0 Å². The van der Waals surface area contributed by atoms with Crippen molar-refractivity contribution in [2.45, 2.75) is 63.0 Å². The van der Waals surface area contributed by atoms with Crippen LogP contribution in [0.5, 0.6) is 0 Å². The molecule has 4 heteroatoms. The molecule has 1 aromatic heterocycles. The summed E-state index contributed by atoms with van der Waals surface area (Å²) < 4.78 is 2.20. The molecule has 3 aliphatic rings. The van der Waals surface area contributed by atoms with Crippen molar-refractivity contribution in [1.29, 1.82) is 0 Å². The molecule has 3 atom stereocenters. The summed E-state index contributed by atoms with van der Waals surface area (Å²) in [6.45, 7) is 0.878. The Labute approximate surface area is 143 Å². The number of hydrogen-bond donors (Lipinski definition) is 1. The SMILES string of the molecule is CN1C2CCCC1CC(N1Cc3cn(C)c4cccc(c34)C1O)C2. The molecule has 4 nitrogen and oxygen atoms in total. The Balaban J connectivity index is 1.50. The first kappa shape index (κ1) is 14.9. The third-order valence-electron chi connectivity index (χ3n) is 6.85. The van der Waals surface area contributed by atoms with Crippen molar-refractivity contribution in [3.63, 3.8) is 0 Å². The number of hydrogen-bond acceptors (Lipinski definition) is 3. The molecule has 3 unspecified atom stereocenters. The number of aliphatic hydroxyl groups excluding tert-OH is 1. The van der Waals surface area contributed by atoms with Gasteiger partial charge in [-0.1, -0.05) is 18.6 Å². The zero-order valence-corrected chi connectivity index (χ0v) is 14.7. The average molecular weight is 325 g/mol. The molecule has 2 saturated heterocycles. The number of rotatable bonds is 1. The molecule has 0 aliphatic carbocycles. The van der Waals surface area contributed by atoms with Crippen LogP contribution < -0.4 is 0 Å². The van der Waals surface area contributed by atoms with Crippen LogP contribution >= 0.6 is 0 Å². The normalized spacial score (nSPS) is 34.0. The Hall–Kier alpha value is -1.36. The molecule has 0 saturated carbocycles. The molecule has 128 valence electrons. The molecule has 5 rings (SSSR count). The van der Waals surface area contributed by atoms with E-state index < -0.39 is 6.23 Å². The van der Waals surface area contributed by atoms with Crippen molar-refractivity contribution in [2.75, 3.05) is 7.05 Å². The van der Waals surface area contributed by atoms with Crippen molar-refractivity contribution >= 4 is 10.9 Å². The number of fused-ring (bicyclic) bond motifs is 2. The Morgan fingerprint density at radius 3 is 2.54 bits per heavy atom. The highest BCUT2D eigenvalue weighted by Gasteiger charge is 2.41. The number of aryl methyl sites for hydroxylation is 1. The number of aromatic nitrogens is 1. The van der Waals surface area contributed by atoms with Gasteiger partial charge < -0.3 is 14.6 Å². The van der Waals surface area contributed by atoms with E-state index in [-0.39, 0.29) is 0 Å². The topological polar surface area (TPSA) is 31.6 Å². The van der Waals surface area contributed by atoms with Gasteiger partial charge in [-0.15, -0.1) is 0 Å². The molecule has 24 heavy (non-hydrogen) atoms. The largest absolute Gasteiger partial charge is 0.374 e. The molecule has 1 aromatic carbocycles. The molecule has 2 fully saturated rings. The lowest BCUT2D eigenvalue weighted by atomic mass is 9.81. The van der Waals surface area contributed by atoms with Gasteiger partial charge in [0.25, 0.3) is 0 Å². The summed E-state index contributed by atoms with van der Waals surface area (Å²) in [6.07, 6.45) is 8.20. The highest BCUT2D eigenvalue weighted by Crippen LogP contribution is 2.42. The van der Waals surface area contributed by atoms with Crippen molar-refractivity contribution in [2.24, 2.45) is 7.05 Å². The van der Waals surface area contributed by atoms with Crippen LogP contribution in [0.2, 0.25) is 0 Å². The first-order chi connectivity index (χ1) is 11.6. The number of nitrogens with zero attached hydrogens (tertiary/aromatic N) is 3. The van der Waals surface area contributed by atoms with E-state index >= 15 is 0 Å². The third-order valence-corrected chi connectivity index (χ3v) is 6.85. The van der Waals surface area contributed by atoms with E-state index in [0.717, 1.165) is 12.1 Å². The smallest absolute Gasteiger partial charge is 0.134 e. The first-order valence-electron chi connectivity index (χ1n) is 9.36.